The predicted molar refractivity (Wildman–Crippen MR) is 115 cm³/mol. The van der Waals surface area contributed by atoms with Crippen LogP contribution in [0.1, 0.15) is 31.0 Å². The molecule has 6 nitrogen and oxygen atoms in total. The van der Waals surface area contributed by atoms with E-state index in [-0.39, 0.29) is 10.8 Å². The van der Waals surface area contributed by atoms with E-state index in [2.05, 4.69) is 5.32 Å². The van der Waals surface area contributed by atoms with Crippen molar-refractivity contribution in [1.29, 1.82) is 0 Å². The van der Waals surface area contributed by atoms with Crippen LogP contribution in [-0.4, -0.2) is 30.5 Å². The SMILES string of the molecule is CCOc1cccc2c1O[C@@]1(C)[C@H](C(=O)OC)[C@H]2NC(=S)N1c1cccc(C(F)(F)F)c1. The van der Waals surface area contributed by atoms with Crippen LogP contribution in [0.15, 0.2) is 42.5 Å². The van der Waals surface area contributed by atoms with Gasteiger partial charge in [-0.15, -0.1) is 0 Å². The molecule has 3 atom stereocenters. The minimum atomic E-state index is -4.55. The number of anilines is 1. The van der Waals surface area contributed by atoms with Crippen LogP contribution in [0.4, 0.5) is 18.9 Å². The lowest BCUT2D eigenvalue weighted by Crippen LogP contribution is -2.71. The molecule has 10 heteroatoms. The van der Waals surface area contributed by atoms with Gasteiger partial charge in [-0.05, 0) is 50.3 Å². The summed E-state index contributed by atoms with van der Waals surface area (Å²) in [7, 11) is 1.25. The highest BCUT2D eigenvalue weighted by Crippen LogP contribution is 2.52. The van der Waals surface area contributed by atoms with E-state index in [9.17, 15) is 18.0 Å². The van der Waals surface area contributed by atoms with Gasteiger partial charge in [0, 0.05) is 11.3 Å². The zero-order valence-electron chi connectivity index (χ0n) is 17.5. The zero-order chi connectivity index (χ0) is 23.3. The lowest BCUT2D eigenvalue weighted by Gasteiger charge is -2.55. The van der Waals surface area contributed by atoms with E-state index in [4.69, 9.17) is 26.4 Å². The van der Waals surface area contributed by atoms with Crippen molar-refractivity contribution in [3.8, 4) is 11.5 Å². The first-order valence-corrected chi connectivity index (χ1v) is 10.3. The Kier molecular flexibility index (Phi) is 5.44. The molecule has 2 aromatic rings. The minimum absolute atomic E-state index is 0.129. The highest BCUT2D eigenvalue weighted by molar-refractivity contribution is 7.80. The van der Waals surface area contributed by atoms with E-state index < -0.39 is 35.4 Å². The molecule has 0 aliphatic carbocycles. The van der Waals surface area contributed by atoms with E-state index in [0.29, 0.717) is 23.7 Å². The third-order valence-electron chi connectivity index (χ3n) is 5.68. The molecular formula is C22H21F3N2O4S. The van der Waals surface area contributed by atoms with Crippen molar-refractivity contribution < 1.29 is 32.2 Å². The fourth-order valence-corrected chi connectivity index (χ4v) is 4.75. The fraction of sp³-hybridized carbons (Fsp3) is 0.364. The highest BCUT2D eigenvalue weighted by atomic mass is 32.1. The molecule has 2 aliphatic heterocycles. The lowest BCUT2D eigenvalue weighted by molar-refractivity contribution is -0.157. The van der Waals surface area contributed by atoms with Gasteiger partial charge < -0.3 is 19.5 Å². The van der Waals surface area contributed by atoms with Gasteiger partial charge in [0.05, 0.1) is 25.3 Å². The highest BCUT2D eigenvalue weighted by Gasteiger charge is 2.60. The number of esters is 1. The van der Waals surface area contributed by atoms with Crippen LogP contribution in [0, 0.1) is 5.92 Å². The Labute approximate surface area is 188 Å². The molecule has 1 saturated heterocycles. The molecule has 170 valence electrons. The number of fused-ring (bicyclic) bond motifs is 4. The smallest absolute Gasteiger partial charge is 0.416 e. The molecule has 2 aliphatic rings. The quantitative estimate of drug-likeness (QED) is 0.528. The Morgan fingerprint density at radius 2 is 2.00 bits per heavy atom. The van der Waals surface area contributed by atoms with E-state index >= 15 is 0 Å². The Morgan fingerprint density at radius 3 is 2.66 bits per heavy atom. The molecule has 2 bridgehead atoms. The first-order chi connectivity index (χ1) is 15.1. The summed E-state index contributed by atoms with van der Waals surface area (Å²) < 4.78 is 57.3. The van der Waals surface area contributed by atoms with Crippen LogP contribution in [-0.2, 0) is 15.7 Å². The van der Waals surface area contributed by atoms with Crippen LogP contribution < -0.4 is 19.7 Å². The van der Waals surface area contributed by atoms with Gasteiger partial charge in [-0.1, -0.05) is 18.2 Å². The number of nitrogens with zero attached hydrogens (tertiary/aromatic N) is 1. The summed E-state index contributed by atoms with van der Waals surface area (Å²) in [6, 6.07) is 9.38. The van der Waals surface area contributed by atoms with Crippen molar-refractivity contribution >= 4 is 29.0 Å². The van der Waals surface area contributed by atoms with Crippen molar-refractivity contribution in [3.05, 3.63) is 53.6 Å². The van der Waals surface area contributed by atoms with Gasteiger partial charge in [0.1, 0.15) is 5.92 Å². The average molecular weight is 466 g/mol. The summed E-state index contributed by atoms with van der Waals surface area (Å²) in [5.41, 5.74) is -1.55. The summed E-state index contributed by atoms with van der Waals surface area (Å²) in [5.74, 6) is -0.660. The molecule has 0 unspecified atom stereocenters. The van der Waals surface area contributed by atoms with Gasteiger partial charge in [0.15, 0.2) is 16.6 Å². The largest absolute Gasteiger partial charge is 0.490 e. The summed E-state index contributed by atoms with van der Waals surface area (Å²) in [5, 5.41) is 3.24. The molecule has 32 heavy (non-hydrogen) atoms. The second-order valence-corrected chi connectivity index (χ2v) is 7.96. The third kappa shape index (κ3) is 3.42. The molecular weight excluding hydrogens is 445 g/mol. The molecule has 2 heterocycles. The third-order valence-corrected chi connectivity index (χ3v) is 5.98. The first-order valence-electron chi connectivity index (χ1n) is 9.92. The molecule has 0 saturated carbocycles. The van der Waals surface area contributed by atoms with Crippen molar-refractivity contribution in [1.82, 2.24) is 5.32 Å². The predicted octanol–water partition coefficient (Wildman–Crippen LogP) is 4.44. The number of halogens is 3. The summed E-state index contributed by atoms with van der Waals surface area (Å²) in [6.07, 6.45) is -4.55. The number of ether oxygens (including phenoxy) is 3. The topological polar surface area (TPSA) is 60.0 Å². The van der Waals surface area contributed by atoms with Gasteiger partial charge in [-0.25, -0.2) is 0 Å². The number of hydrogen-bond donors (Lipinski definition) is 1. The second-order valence-electron chi connectivity index (χ2n) is 7.58. The number of rotatable bonds is 4. The molecule has 4 rings (SSSR count). The molecule has 0 aromatic heterocycles. The van der Waals surface area contributed by atoms with E-state index in [0.717, 1.165) is 12.1 Å². The number of nitrogens with one attached hydrogen (secondary N) is 1. The molecule has 0 radical (unpaired) electrons. The monoisotopic (exact) mass is 466 g/mol. The summed E-state index contributed by atoms with van der Waals surface area (Å²) in [6.45, 7) is 3.82. The summed E-state index contributed by atoms with van der Waals surface area (Å²) >= 11 is 5.53. The minimum Gasteiger partial charge on any atom is -0.490 e. The Bertz CT molecular complexity index is 1080. The average Bonchev–Trinajstić information content (AvgIpc) is 2.73. The Hall–Kier alpha value is -3.01. The number of methoxy groups -OCH3 is 1. The summed E-state index contributed by atoms with van der Waals surface area (Å²) in [4.78, 5) is 14.3. The Balaban J connectivity index is 1.91. The molecule has 1 fully saturated rings. The van der Waals surface area contributed by atoms with Gasteiger partial charge in [0.25, 0.3) is 0 Å². The van der Waals surface area contributed by atoms with Crippen molar-refractivity contribution in [2.24, 2.45) is 5.92 Å². The van der Waals surface area contributed by atoms with Crippen LogP contribution in [0.25, 0.3) is 0 Å². The number of benzene rings is 2. The standard InChI is InChI=1S/C22H21F3N2O4S/c1-4-30-15-10-6-9-14-17-16(19(28)29-3)21(2,31-18(14)15)27(20(32)26-17)13-8-5-7-12(11-13)22(23,24)25/h5-11,16-17H,4H2,1-3H3,(H,26,32)/t16-,17-,21-/m0/s1. The Morgan fingerprint density at radius 1 is 1.28 bits per heavy atom. The maximum Gasteiger partial charge on any atom is 0.416 e. The molecule has 1 N–H and O–H groups in total. The normalized spacial score (nSPS) is 24.2. The molecule has 2 aromatic carbocycles. The fourth-order valence-electron chi connectivity index (χ4n) is 4.34. The van der Waals surface area contributed by atoms with Gasteiger partial charge >= 0.3 is 12.1 Å². The van der Waals surface area contributed by atoms with Gasteiger partial charge in [-0.2, -0.15) is 13.2 Å². The van der Waals surface area contributed by atoms with Crippen molar-refractivity contribution in [2.45, 2.75) is 31.8 Å². The van der Waals surface area contributed by atoms with E-state index in [1.165, 1.54) is 24.1 Å². The van der Waals surface area contributed by atoms with Crippen LogP contribution in [0.2, 0.25) is 0 Å². The lowest BCUT2D eigenvalue weighted by atomic mass is 9.79. The molecule has 0 amide bonds. The maximum absolute atomic E-state index is 13.4. The molecule has 0 spiro atoms. The maximum atomic E-state index is 13.4. The number of carbonyl (C=O) groups is 1. The van der Waals surface area contributed by atoms with Crippen molar-refractivity contribution in [2.75, 3.05) is 18.6 Å². The van der Waals surface area contributed by atoms with E-state index in [1.807, 2.05) is 6.92 Å². The van der Waals surface area contributed by atoms with Gasteiger partial charge in [-0.3, -0.25) is 9.69 Å². The van der Waals surface area contributed by atoms with Crippen LogP contribution >= 0.6 is 12.2 Å². The van der Waals surface area contributed by atoms with Crippen LogP contribution in [0.5, 0.6) is 11.5 Å². The van der Waals surface area contributed by atoms with Crippen LogP contribution in [0.3, 0.4) is 0 Å². The van der Waals surface area contributed by atoms with E-state index in [1.54, 1.807) is 25.1 Å². The number of carbonyl (C=O) groups excluding carboxylic acids is 1. The number of thiocarbonyl (C=S) groups is 1. The zero-order valence-corrected chi connectivity index (χ0v) is 18.3. The number of alkyl halides is 3. The second kappa shape index (κ2) is 7.84. The number of para-hydroxylation sites is 1. The van der Waals surface area contributed by atoms with Crippen molar-refractivity contribution in [3.63, 3.8) is 0 Å². The number of hydrogen-bond acceptors (Lipinski definition) is 5. The first kappa shape index (κ1) is 22.2. The van der Waals surface area contributed by atoms with Gasteiger partial charge in [0.2, 0.25) is 5.72 Å².